The molecule has 1 N–H and O–H groups in total. The van der Waals surface area contributed by atoms with Gasteiger partial charge in [-0.2, -0.15) is 0 Å². The SMILES string of the molecule is CNCC1CCCN(C(=O)c2ccc3c(c2)C(=O)N(Cc2ccccc2)C3=O)C1.Cl. The van der Waals surface area contributed by atoms with Crippen LogP contribution in [0.4, 0.5) is 0 Å². The Bertz CT molecular complexity index is 946. The quantitative estimate of drug-likeness (QED) is 0.745. The molecule has 0 aromatic heterocycles. The number of amides is 3. The normalized spacial score (nSPS) is 18.2. The van der Waals surface area contributed by atoms with Crippen molar-refractivity contribution in [3.8, 4) is 0 Å². The summed E-state index contributed by atoms with van der Waals surface area (Å²) in [6, 6.07) is 14.3. The van der Waals surface area contributed by atoms with E-state index in [9.17, 15) is 14.4 Å². The monoisotopic (exact) mass is 427 g/mol. The molecule has 0 spiro atoms. The van der Waals surface area contributed by atoms with E-state index in [0.29, 0.717) is 29.2 Å². The van der Waals surface area contributed by atoms with Gasteiger partial charge in [0.25, 0.3) is 17.7 Å². The lowest BCUT2D eigenvalue weighted by molar-refractivity contribution is 0.0641. The van der Waals surface area contributed by atoms with Crippen molar-refractivity contribution in [3.05, 3.63) is 70.8 Å². The van der Waals surface area contributed by atoms with Crippen LogP contribution < -0.4 is 5.32 Å². The van der Waals surface area contributed by atoms with E-state index in [1.165, 1.54) is 4.90 Å². The van der Waals surface area contributed by atoms with E-state index < -0.39 is 0 Å². The first-order valence-corrected chi connectivity index (χ1v) is 10.1. The average molecular weight is 428 g/mol. The highest BCUT2D eigenvalue weighted by atomic mass is 35.5. The van der Waals surface area contributed by atoms with Crippen molar-refractivity contribution in [3.63, 3.8) is 0 Å². The Labute approximate surface area is 182 Å². The van der Waals surface area contributed by atoms with Gasteiger partial charge in [-0.1, -0.05) is 30.3 Å². The van der Waals surface area contributed by atoms with Gasteiger partial charge in [0, 0.05) is 18.7 Å². The molecular weight excluding hydrogens is 402 g/mol. The first-order chi connectivity index (χ1) is 14.1. The van der Waals surface area contributed by atoms with Gasteiger partial charge in [-0.05, 0) is 56.1 Å². The van der Waals surface area contributed by atoms with Gasteiger partial charge in [0.2, 0.25) is 0 Å². The van der Waals surface area contributed by atoms with Gasteiger partial charge in [-0.15, -0.1) is 12.4 Å². The van der Waals surface area contributed by atoms with E-state index in [4.69, 9.17) is 0 Å². The van der Waals surface area contributed by atoms with Crippen LogP contribution in [0.15, 0.2) is 48.5 Å². The van der Waals surface area contributed by atoms with Crippen LogP contribution in [-0.2, 0) is 6.54 Å². The highest BCUT2D eigenvalue weighted by Crippen LogP contribution is 2.27. The summed E-state index contributed by atoms with van der Waals surface area (Å²) in [6.45, 7) is 2.55. The molecule has 4 rings (SSSR count). The number of halogens is 1. The number of benzene rings is 2. The van der Waals surface area contributed by atoms with Crippen molar-refractivity contribution in [2.45, 2.75) is 19.4 Å². The molecule has 3 amide bonds. The molecule has 0 bridgehead atoms. The Morgan fingerprint density at radius 2 is 1.80 bits per heavy atom. The fraction of sp³-hybridized carbons (Fsp3) is 0.348. The standard InChI is InChI=1S/C23H25N3O3.ClH/c1-24-13-17-8-5-11-25(14-17)21(27)18-9-10-19-20(12-18)23(29)26(22(19)28)15-16-6-3-2-4-7-16;/h2-4,6-7,9-10,12,17,24H,5,8,11,13-15H2,1H3;1H. The van der Waals surface area contributed by atoms with Crippen molar-refractivity contribution >= 4 is 30.1 Å². The molecule has 158 valence electrons. The number of nitrogens with zero attached hydrogens (tertiary/aromatic N) is 2. The lowest BCUT2D eigenvalue weighted by atomic mass is 9.97. The Morgan fingerprint density at radius 1 is 1.07 bits per heavy atom. The summed E-state index contributed by atoms with van der Waals surface area (Å²) < 4.78 is 0. The van der Waals surface area contributed by atoms with Crippen molar-refractivity contribution in [2.75, 3.05) is 26.7 Å². The molecule has 2 aliphatic heterocycles. The van der Waals surface area contributed by atoms with E-state index in [2.05, 4.69) is 5.32 Å². The van der Waals surface area contributed by atoms with Crippen LogP contribution in [0.25, 0.3) is 0 Å². The molecule has 2 aliphatic rings. The predicted octanol–water partition coefficient (Wildman–Crippen LogP) is 2.98. The molecule has 0 radical (unpaired) electrons. The summed E-state index contributed by atoms with van der Waals surface area (Å²) in [7, 11) is 1.92. The summed E-state index contributed by atoms with van der Waals surface area (Å²) in [6.07, 6.45) is 2.08. The number of rotatable bonds is 5. The topological polar surface area (TPSA) is 69.7 Å². The molecule has 1 unspecified atom stereocenters. The van der Waals surface area contributed by atoms with Crippen molar-refractivity contribution in [2.24, 2.45) is 5.92 Å². The molecule has 0 aliphatic carbocycles. The molecule has 7 heteroatoms. The Morgan fingerprint density at radius 3 is 2.53 bits per heavy atom. The van der Waals surface area contributed by atoms with Crippen molar-refractivity contribution in [1.82, 2.24) is 15.1 Å². The molecule has 2 heterocycles. The maximum atomic E-state index is 13.0. The van der Waals surface area contributed by atoms with E-state index in [-0.39, 0.29) is 36.7 Å². The van der Waals surface area contributed by atoms with Gasteiger partial charge in [0.05, 0.1) is 17.7 Å². The first kappa shape index (κ1) is 22.0. The highest BCUT2D eigenvalue weighted by molar-refractivity contribution is 6.22. The molecular formula is C23H26ClN3O3. The third-order valence-corrected chi connectivity index (χ3v) is 5.70. The number of imide groups is 1. The average Bonchev–Trinajstić information content (AvgIpc) is 2.99. The number of carbonyl (C=O) groups is 3. The van der Waals surface area contributed by atoms with E-state index in [1.54, 1.807) is 18.2 Å². The third-order valence-electron chi connectivity index (χ3n) is 5.70. The van der Waals surface area contributed by atoms with Gasteiger partial charge >= 0.3 is 0 Å². The summed E-state index contributed by atoms with van der Waals surface area (Å²) >= 11 is 0. The van der Waals surface area contributed by atoms with Crippen LogP contribution in [0, 0.1) is 5.92 Å². The molecule has 6 nitrogen and oxygen atoms in total. The molecule has 1 fully saturated rings. The second-order valence-corrected chi connectivity index (χ2v) is 7.76. The van der Waals surface area contributed by atoms with Crippen LogP contribution in [-0.4, -0.2) is 54.2 Å². The predicted molar refractivity (Wildman–Crippen MR) is 117 cm³/mol. The zero-order chi connectivity index (χ0) is 20.4. The minimum absolute atomic E-state index is 0. The third kappa shape index (κ3) is 4.25. The van der Waals surface area contributed by atoms with Crippen molar-refractivity contribution in [1.29, 1.82) is 0 Å². The Balaban J connectivity index is 0.00000256. The van der Waals surface area contributed by atoms with Crippen LogP contribution in [0.3, 0.4) is 0 Å². The van der Waals surface area contributed by atoms with E-state index >= 15 is 0 Å². The lowest BCUT2D eigenvalue weighted by Gasteiger charge is -2.32. The molecule has 2 aromatic carbocycles. The maximum absolute atomic E-state index is 13.0. The lowest BCUT2D eigenvalue weighted by Crippen LogP contribution is -2.42. The van der Waals surface area contributed by atoms with E-state index in [0.717, 1.165) is 31.5 Å². The van der Waals surface area contributed by atoms with Crippen LogP contribution in [0.5, 0.6) is 0 Å². The van der Waals surface area contributed by atoms with Gasteiger partial charge in [0.15, 0.2) is 0 Å². The maximum Gasteiger partial charge on any atom is 0.261 e. The number of nitrogens with one attached hydrogen (secondary N) is 1. The van der Waals surface area contributed by atoms with Gasteiger partial charge in [0.1, 0.15) is 0 Å². The number of fused-ring (bicyclic) bond motifs is 1. The Kier molecular flexibility index (Phi) is 6.90. The highest BCUT2D eigenvalue weighted by Gasteiger charge is 2.36. The fourth-order valence-corrected chi connectivity index (χ4v) is 4.22. The van der Waals surface area contributed by atoms with Gasteiger partial charge < -0.3 is 10.2 Å². The molecule has 1 atom stereocenters. The smallest absolute Gasteiger partial charge is 0.261 e. The van der Waals surface area contributed by atoms with Gasteiger partial charge in [-0.3, -0.25) is 19.3 Å². The second kappa shape index (κ2) is 9.41. The van der Waals surface area contributed by atoms with Crippen LogP contribution in [0.1, 0.15) is 49.5 Å². The number of hydrogen-bond donors (Lipinski definition) is 1. The van der Waals surface area contributed by atoms with E-state index in [1.807, 2.05) is 42.3 Å². The van der Waals surface area contributed by atoms with Gasteiger partial charge in [-0.25, -0.2) is 0 Å². The van der Waals surface area contributed by atoms with Crippen molar-refractivity contribution < 1.29 is 14.4 Å². The number of carbonyl (C=O) groups excluding carboxylic acids is 3. The Hall–Kier alpha value is -2.70. The minimum atomic E-state index is -0.338. The largest absolute Gasteiger partial charge is 0.338 e. The first-order valence-electron chi connectivity index (χ1n) is 10.1. The zero-order valence-electron chi connectivity index (χ0n) is 17.0. The number of piperidine rings is 1. The second-order valence-electron chi connectivity index (χ2n) is 7.76. The van der Waals surface area contributed by atoms with Crippen LogP contribution in [0.2, 0.25) is 0 Å². The van der Waals surface area contributed by atoms with Crippen LogP contribution >= 0.6 is 12.4 Å². The number of hydrogen-bond acceptors (Lipinski definition) is 4. The summed E-state index contributed by atoms with van der Waals surface area (Å²) in [4.78, 5) is 41.7. The molecule has 1 saturated heterocycles. The zero-order valence-corrected chi connectivity index (χ0v) is 17.8. The molecule has 2 aromatic rings. The minimum Gasteiger partial charge on any atom is -0.338 e. The molecule has 0 saturated carbocycles. The summed E-state index contributed by atoms with van der Waals surface area (Å²) in [5.41, 5.74) is 2.05. The summed E-state index contributed by atoms with van der Waals surface area (Å²) in [5, 5.41) is 3.18. The summed E-state index contributed by atoms with van der Waals surface area (Å²) in [5.74, 6) is -0.276. The fourth-order valence-electron chi connectivity index (χ4n) is 4.22. The number of likely N-dealkylation sites (tertiary alicyclic amines) is 1. The molecule has 30 heavy (non-hydrogen) atoms.